The minimum absolute atomic E-state index is 0. The van der Waals surface area contributed by atoms with Gasteiger partial charge in [-0.2, -0.15) is 6.42 Å². The summed E-state index contributed by atoms with van der Waals surface area (Å²) in [6, 6.07) is 0. The average molecular weight is 512 g/mol. The molecule has 0 N–H and O–H groups in total. The smallest absolute Gasteiger partial charge is 0 e. The molecule has 1 heteroatoms. The predicted octanol–water partition coefficient (Wildman–Crippen LogP) is 4.80. The van der Waals surface area contributed by atoms with Crippen molar-refractivity contribution in [1.82, 2.24) is 0 Å². The van der Waals surface area contributed by atoms with Crippen LogP contribution in [0.25, 0.3) is 0 Å². The molecule has 0 aromatic rings. The third-order valence-electron chi connectivity index (χ3n) is 7.80. The second kappa shape index (κ2) is 4.25. The molecule has 4 rings (SSSR count). The molecule has 0 spiro atoms. The molecule has 0 radical (unpaired) electrons. The maximum Gasteiger partial charge on any atom is 0 e. The Bertz CT molecular complexity index is 335. The number of fused-ring (bicyclic) bond motifs is 9. The van der Waals surface area contributed by atoms with Crippen LogP contribution in [0.2, 0.25) is 0 Å². The first-order valence-corrected chi connectivity index (χ1v) is 8.55. The van der Waals surface area contributed by atoms with E-state index in [9.17, 15) is 0 Å². The molecule has 104 valence electrons. The van der Waals surface area contributed by atoms with E-state index in [-0.39, 0.29) is 0 Å². The number of rotatable bonds is 3. The second-order valence-corrected chi connectivity index (χ2v) is 7.94. The predicted molar refractivity (Wildman–Crippen MR) is 75.8 cm³/mol. The fourth-order valence-corrected chi connectivity index (χ4v) is 7.38. The van der Waals surface area contributed by atoms with Gasteiger partial charge >= 0.3 is 0 Å². The molecule has 9 unspecified atom stereocenters. The molecule has 4 aliphatic carbocycles. The molecule has 4 aliphatic rings. The topological polar surface area (TPSA) is 0 Å². The average Bonchev–Trinajstić information content (AvgIpc) is 3.09. The minimum atomic E-state index is 0. The van der Waals surface area contributed by atoms with Crippen LogP contribution in [0.4, 0.5) is 0 Å². The molecule has 0 nitrogen and oxygen atoms in total. The fraction of sp³-hybridized carbons (Fsp3) is 0.944. The van der Waals surface area contributed by atoms with E-state index >= 15 is 0 Å². The number of hydrogen-bond donors (Lipinski definition) is 0. The van der Waals surface area contributed by atoms with Crippen LogP contribution in [0.5, 0.6) is 0 Å². The van der Waals surface area contributed by atoms with Crippen molar-refractivity contribution in [1.29, 1.82) is 0 Å². The van der Waals surface area contributed by atoms with E-state index in [1.807, 2.05) is 0 Å². The van der Waals surface area contributed by atoms with Gasteiger partial charge in [-0.05, 0) is 73.0 Å². The molecule has 9 atom stereocenters. The molecule has 0 aromatic carbocycles. The Morgan fingerprint density at radius 1 is 1.05 bits per heavy atom. The summed E-state index contributed by atoms with van der Waals surface area (Å²) in [5.41, 5.74) is 0. The van der Waals surface area contributed by atoms with Gasteiger partial charge in [-0.25, -0.2) is 0 Å². The Morgan fingerprint density at radius 2 is 1.68 bits per heavy atom. The Balaban J connectivity index is 0.00000110. The summed E-state index contributed by atoms with van der Waals surface area (Å²) in [4.78, 5) is 0. The van der Waals surface area contributed by atoms with E-state index < -0.39 is 0 Å². The quantitative estimate of drug-likeness (QED) is 0.377. The Hall–Kier alpha value is -1.00. The SMILES string of the molecule is [CH2-]CC(CC)C1C(C)C2CC1C1C3CCC(C3)C21.[Rf]. The first-order valence-electron chi connectivity index (χ1n) is 8.55. The molecule has 0 amide bonds. The van der Waals surface area contributed by atoms with Gasteiger partial charge in [0.25, 0.3) is 0 Å². The van der Waals surface area contributed by atoms with Crippen LogP contribution in [-0.2, 0) is 0 Å². The van der Waals surface area contributed by atoms with Crippen LogP contribution >= 0.6 is 0 Å². The van der Waals surface area contributed by atoms with Crippen LogP contribution in [0.3, 0.4) is 0 Å². The third-order valence-corrected chi connectivity index (χ3v) is 7.80. The summed E-state index contributed by atoms with van der Waals surface area (Å²) in [5, 5.41) is 0. The largest absolute Gasteiger partial charge is 0.343 e. The zero-order valence-electron chi connectivity index (χ0n) is 12.9. The van der Waals surface area contributed by atoms with Crippen molar-refractivity contribution >= 4 is 0 Å². The van der Waals surface area contributed by atoms with E-state index in [2.05, 4.69) is 20.8 Å². The molecular weight excluding hydrogens is 483 g/mol. The fourth-order valence-electron chi connectivity index (χ4n) is 7.38. The molecular formula is C18H29Rf-. The van der Waals surface area contributed by atoms with Crippen molar-refractivity contribution in [3.8, 4) is 0 Å². The molecule has 0 aromatic heterocycles. The van der Waals surface area contributed by atoms with E-state index in [4.69, 9.17) is 0 Å². The van der Waals surface area contributed by atoms with Crippen LogP contribution in [0, 0.1) is 60.2 Å². The third kappa shape index (κ3) is 1.41. The van der Waals surface area contributed by atoms with Gasteiger partial charge in [0.2, 0.25) is 0 Å². The van der Waals surface area contributed by atoms with Crippen molar-refractivity contribution in [2.45, 2.75) is 52.4 Å². The standard InChI is InChI=1S/C18H29.Rf/c1-4-11(5-2)16-10(3)14-9-15(16)18-13-7-6-12(8-13)17(14)18;/h10-18H,1,4-9H2,2-3H3;/q-1;. The van der Waals surface area contributed by atoms with Crippen LogP contribution < -0.4 is 0 Å². The Labute approximate surface area is 113 Å². The monoisotopic (exact) mass is 512 g/mol. The summed E-state index contributed by atoms with van der Waals surface area (Å²) in [6.07, 6.45) is 8.93. The summed E-state index contributed by atoms with van der Waals surface area (Å²) >= 11 is 0. The van der Waals surface area contributed by atoms with E-state index in [0.717, 1.165) is 47.3 Å². The maximum atomic E-state index is 4.25. The van der Waals surface area contributed by atoms with Crippen molar-refractivity contribution in [3.63, 3.8) is 0 Å². The first kappa shape index (κ1) is 13.0. The van der Waals surface area contributed by atoms with Gasteiger partial charge in [0.05, 0.1) is 0 Å². The second-order valence-electron chi connectivity index (χ2n) is 7.94. The molecule has 0 aliphatic heterocycles. The van der Waals surface area contributed by atoms with Crippen LogP contribution in [0.15, 0.2) is 0 Å². The number of hydrogen-bond acceptors (Lipinski definition) is 0. The van der Waals surface area contributed by atoms with Gasteiger partial charge in [0.1, 0.15) is 0 Å². The molecule has 4 bridgehead atoms. The summed E-state index contributed by atoms with van der Waals surface area (Å²) in [5.74, 6) is 9.83. The maximum absolute atomic E-state index is 4.25. The van der Waals surface area contributed by atoms with Crippen molar-refractivity contribution in [2.24, 2.45) is 53.3 Å². The van der Waals surface area contributed by atoms with E-state index in [0.29, 0.717) is 0 Å². The van der Waals surface area contributed by atoms with Gasteiger partial charge in [-0.15, -0.1) is 0 Å². The van der Waals surface area contributed by atoms with Crippen molar-refractivity contribution in [3.05, 3.63) is 6.92 Å². The van der Waals surface area contributed by atoms with Crippen molar-refractivity contribution < 1.29 is 0 Å². The molecule has 0 heterocycles. The van der Waals surface area contributed by atoms with E-state index in [1.165, 1.54) is 18.8 Å². The Morgan fingerprint density at radius 3 is 2.26 bits per heavy atom. The minimum Gasteiger partial charge on any atom is -0.343 e. The van der Waals surface area contributed by atoms with Gasteiger partial charge in [0, 0.05) is 0 Å². The van der Waals surface area contributed by atoms with Crippen LogP contribution in [0.1, 0.15) is 52.4 Å². The van der Waals surface area contributed by atoms with Gasteiger partial charge in [-0.3, -0.25) is 0 Å². The molecule has 4 fully saturated rings. The zero-order valence-corrected chi connectivity index (χ0v) is 19.3. The first-order chi connectivity index (χ1) is 8.76. The molecule has 0 saturated heterocycles. The normalized spacial score (nSPS) is 55.1. The zero-order chi connectivity index (χ0) is 12.4. The summed E-state index contributed by atoms with van der Waals surface area (Å²) in [7, 11) is 0. The summed E-state index contributed by atoms with van der Waals surface area (Å²) in [6.45, 7) is 9.24. The summed E-state index contributed by atoms with van der Waals surface area (Å²) < 4.78 is 0. The Kier molecular flexibility index (Phi) is 2.91. The van der Waals surface area contributed by atoms with Crippen LogP contribution in [-0.4, -0.2) is 0 Å². The molecule has 4 saturated carbocycles. The van der Waals surface area contributed by atoms with Gasteiger partial charge < -0.3 is 6.92 Å². The molecule has 19 heavy (non-hydrogen) atoms. The van der Waals surface area contributed by atoms with Gasteiger partial charge in [-0.1, -0.05) is 26.2 Å². The van der Waals surface area contributed by atoms with Gasteiger partial charge in [0.15, 0.2) is 0 Å². The van der Waals surface area contributed by atoms with Crippen molar-refractivity contribution in [2.75, 3.05) is 0 Å². The van der Waals surface area contributed by atoms with E-state index in [1.54, 1.807) is 25.7 Å².